The predicted molar refractivity (Wildman–Crippen MR) is 209 cm³/mol. The van der Waals surface area contributed by atoms with E-state index in [-0.39, 0.29) is 41.3 Å². The van der Waals surface area contributed by atoms with Gasteiger partial charge in [-0.25, -0.2) is 4.98 Å². The predicted octanol–water partition coefficient (Wildman–Crippen LogP) is 4.16. The molecule has 4 aromatic rings. The van der Waals surface area contributed by atoms with Gasteiger partial charge in [-0.2, -0.15) is 5.10 Å². The van der Waals surface area contributed by atoms with E-state index < -0.39 is 5.60 Å². The van der Waals surface area contributed by atoms with Crippen LogP contribution in [0, 0.1) is 0 Å². The Labute approximate surface area is 317 Å². The molecular formula is C41H56N8O5. The molecule has 0 spiro atoms. The van der Waals surface area contributed by atoms with Crippen LogP contribution in [-0.2, 0) is 34.5 Å². The third kappa shape index (κ3) is 11.3. The molecule has 3 heterocycles. The van der Waals surface area contributed by atoms with Crippen molar-refractivity contribution in [3.05, 3.63) is 82.4 Å². The lowest BCUT2D eigenvalue weighted by molar-refractivity contribution is -0.136. The number of primary amides is 1. The summed E-state index contributed by atoms with van der Waals surface area (Å²) in [4.78, 5) is 55.9. The number of rotatable bonds is 20. The zero-order chi connectivity index (χ0) is 38.5. The van der Waals surface area contributed by atoms with Crippen LogP contribution in [0.25, 0.3) is 22.3 Å². The number of aliphatic hydroxyl groups is 1. The highest BCUT2D eigenvalue weighted by molar-refractivity contribution is 5.89. The van der Waals surface area contributed by atoms with Crippen LogP contribution in [0.3, 0.4) is 0 Å². The number of fused-ring (bicyclic) bond motifs is 1. The largest absolute Gasteiger partial charge is 0.388 e. The Morgan fingerprint density at radius 3 is 2.30 bits per heavy atom. The molecule has 0 saturated carbocycles. The molecule has 3 amide bonds. The highest BCUT2D eigenvalue weighted by Gasteiger charge is 2.35. The van der Waals surface area contributed by atoms with E-state index >= 15 is 0 Å². The van der Waals surface area contributed by atoms with Gasteiger partial charge in [-0.05, 0) is 55.7 Å². The van der Waals surface area contributed by atoms with E-state index in [0.717, 1.165) is 67.5 Å². The first-order valence-corrected chi connectivity index (χ1v) is 19.4. The molecule has 1 saturated heterocycles. The first-order chi connectivity index (χ1) is 26.0. The van der Waals surface area contributed by atoms with Gasteiger partial charge in [-0.3, -0.25) is 28.4 Å². The maximum absolute atomic E-state index is 13.6. The van der Waals surface area contributed by atoms with Crippen LogP contribution >= 0.6 is 0 Å². The van der Waals surface area contributed by atoms with Crippen LogP contribution in [-0.4, -0.2) is 78.8 Å². The van der Waals surface area contributed by atoms with Crippen molar-refractivity contribution in [3.63, 3.8) is 0 Å². The monoisotopic (exact) mass is 740 g/mol. The molecule has 5 N–H and O–H groups in total. The number of hydrogen-bond donors (Lipinski definition) is 4. The van der Waals surface area contributed by atoms with Gasteiger partial charge in [0, 0.05) is 58.1 Å². The quantitative estimate of drug-likeness (QED) is 0.0977. The summed E-state index contributed by atoms with van der Waals surface area (Å²) in [6, 6.07) is 18.1. The summed E-state index contributed by atoms with van der Waals surface area (Å²) in [5, 5.41) is 22.4. The number of hydrogen-bond acceptors (Lipinski definition) is 8. The Balaban J connectivity index is 1.05. The van der Waals surface area contributed by atoms with Crippen LogP contribution in [0.5, 0.6) is 0 Å². The van der Waals surface area contributed by atoms with Crippen molar-refractivity contribution in [1.82, 2.24) is 34.9 Å². The van der Waals surface area contributed by atoms with E-state index in [9.17, 15) is 24.3 Å². The van der Waals surface area contributed by atoms with Crippen LogP contribution in [0.15, 0.2) is 65.7 Å². The minimum absolute atomic E-state index is 0.0751. The Hall–Kier alpha value is -4.88. The minimum atomic E-state index is -1.13. The topological polar surface area (TPSA) is 177 Å². The van der Waals surface area contributed by atoms with Crippen LogP contribution in [0.2, 0.25) is 0 Å². The van der Waals surface area contributed by atoms with Crippen molar-refractivity contribution < 1.29 is 19.5 Å². The van der Waals surface area contributed by atoms with Crippen LogP contribution in [0.1, 0.15) is 94.6 Å². The van der Waals surface area contributed by atoms with Crippen LogP contribution in [0.4, 0.5) is 0 Å². The van der Waals surface area contributed by atoms with E-state index in [1.807, 2.05) is 59.5 Å². The second-order valence-electron chi connectivity index (χ2n) is 14.8. The molecule has 13 nitrogen and oxygen atoms in total. The lowest BCUT2D eigenvalue weighted by Crippen LogP contribution is -2.49. The van der Waals surface area contributed by atoms with Gasteiger partial charge < -0.3 is 26.4 Å². The van der Waals surface area contributed by atoms with Crippen molar-refractivity contribution in [2.24, 2.45) is 12.8 Å². The van der Waals surface area contributed by atoms with Gasteiger partial charge in [0.2, 0.25) is 17.7 Å². The van der Waals surface area contributed by atoms with Crippen molar-refractivity contribution in [1.29, 1.82) is 0 Å². The van der Waals surface area contributed by atoms with Gasteiger partial charge >= 0.3 is 0 Å². The summed E-state index contributed by atoms with van der Waals surface area (Å²) in [7, 11) is 1.79. The van der Waals surface area contributed by atoms with Gasteiger partial charge in [-0.1, -0.05) is 80.8 Å². The number of nitrogens with one attached hydrogen (secondary N) is 2. The number of carbonyl (C=O) groups is 3. The number of aromatic nitrogens is 4. The van der Waals surface area contributed by atoms with E-state index in [4.69, 9.17) is 5.73 Å². The average molecular weight is 741 g/mol. The fraction of sp³-hybridized carbons (Fsp3) is 0.512. The number of benzene rings is 2. The third-order valence-electron chi connectivity index (χ3n) is 10.4. The SMILES string of the molecule is CC(CC(=O)N1CCC(O)(Cn2cnc3c(-c4ccc(CNCCCNC(=O)CCCCCCCC(N)=O)cc4)n(C)nc3c2=O)CC1)c1ccccc1. The van der Waals surface area contributed by atoms with Gasteiger partial charge in [-0.15, -0.1) is 0 Å². The van der Waals surface area contributed by atoms with Gasteiger partial charge in [0.1, 0.15) is 5.52 Å². The summed E-state index contributed by atoms with van der Waals surface area (Å²) in [6.07, 6.45) is 9.05. The summed E-state index contributed by atoms with van der Waals surface area (Å²) in [6.45, 7) is 5.08. The number of nitrogens with two attached hydrogens (primary N) is 1. The maximum Gasteiger partial charge on any atom is 0.281 e. The van der Waals surface area contributed by atoms with Gasteiger partial charge in [0.15, 0.2) is 5.52 Å². The molecule has 0 aliphatic carbocycles. The van der Waals surface area contributed by atoms with Gasteiger partial charge in [0.25, 0.3) is 5.56 Å². The highest BCUT2D eigenvalue weighted by Crippen LogP contribution is 2.28. The van der Waals surface area contributed by atoms with Crippen molar-refractivity contribution in [2.75, 3.05) is 26.2 Å². The average Bonchev–Trinajstić information content (AvgIpc) is 3.50. The number of aryl methyl sites for hydroxylation is 1. The van der Waals surface area contributed by atoms with Crippen molar-refractivity contribution in [3.8, 4) is 11.3 Å². The summed E-state index contributed by atoms with van der Waals surface area (Å²) < 4.78 is 3.11. The number of nitrogens with zero attached hydrogens (tertiary/aromatic N) is 5. The molecule has 2 aromatic carbocycles. The maximum atomic E-state index is 13.6. The Bertz CT molecular complexity index is 1900. The standard InChI is InChI=1S/C41H56N8O5/c1-30(32-12-7-6-8-13-32)26-36(52)48-24-20-41(54,21-25-48)28-49-29-45-37-38(40(49)53)46-47(2)39(37)33-18-16-31(17-19-33)27-43-22-11-23-44-35(51)15-10-5-3-4-9-14-34(42)50/h6-8,12-13,16-19,29-30,43,54H,3-5,9-11,14-15,20-28H2,1-2H3,(H2,42,50)(H,44,51). The fourth-order valence-corrected chi connectivity index (χ4v) is 7.13. The number of piperidine rings is 1. The molecule has 1 unspecified atom stereocenters. The van der Waals surface area contributed by atoms with Crippen molar-refractivity contribution >= 4 is 28.8 Å². The zero-order valence-corrected chi connectivity index (χ0v) is 31.8. The van der Waals surface area contributed by atoms with Crippen molar-refractivity contribution in [2.45, 2.75) is 102 Å². The molecule has 2 aromatic heterocycles. The van der Waals surface area contributed by atoms with E-state index in [1.165, 1.54) is 10.9 Å². The number of amides is 3. The molecule has 1 atom stereocenters. The molecule has 5 rings (SSSR count). The first kappa shape index (κ1) is 40.3. The fourth-order valence-electron chi connectivity index (χ4n) is 7.13. The van der Waals surface area contributed by atoms with Gasteiger partial charge in [0.05, 0.1) is 24.2 Å². The van der Waals surface area contributed by atoms with E-state index in [1.54, 1.807) is 11.7 Å². The molecule has 0 bridgehead atoms. The Kier molecular flexibility index (Phi) is 14.5. The normalized spacial score (nSPS) is 14.6. The number of carbonyl (C=O) groups excluding carboxylic acids is 3. The summed E-state index contributed by atoms with van der Waals surface area (Å²) >= 11 is 0. The molecule has 1 aliphatic heterocycles. The third-order valence-corrected chi connectivity index (χ3v) is 10.4. The highest BCUT2D eigenvalue weighted by atomic mass is 16.3. The molecule has 1 aliphatic rings. The Morgan fingerprint density at radius 1 is 0.907 bits per heavy atom. The number of likely N-dealkylation sites (tertiary alicyclic amines) is 1. The first-order valence-electron chi connectivity index (χ1n) is 19.4. The molecule has 1 fully saturated rings. The Morgan fingerprint density at radius 2 is 1.59 bits per heavy atom. The minimum Gasteiger partial charge on any atom is -0.388 e. The summed E-state index contributed by atoms with van der Waals surface area (Å²) in [5.41, 5.74) is 8.32. The molecule has 54 heavy (non-hydrogen) atoms. The lowest BCUT2D eigenvalue weighted by atomic mass is 9.90. The second kappa shape index (κ2) is 19.4. The van der Waals surface area contributed by atoms with Crippen LogP contribution < -0.4 is 21.9 Å². The zero-order valence-electron chi connectivity index (χ0n) is 31.8. The van der Waals surface area contributed by atoms with E-state index in [0.29, 0.717) is 63.8 Å². The molecule has 0 radical (unpaired) electrons. The second-order valence-corrected chi connectivity index (χ2v) is 14.8. The smallest absolute Gasteiger partial charge is 0.281 e. The molecular weight excluding hydrogens is 685 g/mol. The number of unbranched alkanes of at least 4 members (excludes halogenated alkanes) is 4. The van der Waals surface area contributed by atoms with E-state index in [2.05, 4.69) is 27.6 Å². The summed E-state index contributed by atoms with van der Waals surface area (Å²) in [5.74, 6) is 0.00307. The molecule has 290 valence electrons. The molecule has 13 heteroatoms. The lowest BCUT2D eigenvalue weighted by Gasteiger charge is -2.38.